The third-order valence-electron chi connectivity index (χ3n) is 2.81. The molecular formula is C15H13BrFNO2. The number of nitrogens with one attached hydrogen (secondary N) is 1. The van der Waals surface area contributed by atoms with Gasteiger partial charge in [-0.05, 0) is 24.3 Å². The first-order chi connectivity index (χ1) is 9.61. The van der Waals surface area contributed by atoms with Crippen molar-refractivity contribution < 1.29 is 13.9 Å². The van der Waals surface area contributed by atoms with Crippen LogP contribution in [0, 0.1) is 5.82 Å². The minimum atomic E-state index is -0.558. The molecule has 0 atom stereocenters. The number of amides is 1. The summed E-state index contributed by atoms with van der Waals surface area (Å²) in [5.41, 5.74) is 0.851. The Morgan fingerprint density at radius 2 is 2.05 bits per heavy atom. The van der Waals surface area contributed by atoms with Crippen molar-refractivity contribution in [2.24, 2.45) is 0 Å². The molecule has 0 aliphatic carbocycles. The van der Waals surface area contributed by atoms with Gasteiger partial charge in [-0.3, -0.25) is 4.79 Å². The summed E-state index contributed by atoms with van der Waals surface area (Å²) in [6.07, 6.45) is 0. The highest BCUT2D eigenvalue weighted by molar-refractivity contribution is 9.10. The van der Waals surface area contributed by atoms with Gasteiger partial charge in [-0.1, -0.05) is 34.1 Å². The molecule has 1 amide bonds. The van der Waals surface area contributed by atoms with Crippen molar-refractivity contribution in [2.45, 2.75) is 6.54 Å². The lowest BCUT2D eigenvalue weighted by molar-refractivity contribution is 0.0946. The van der Waals surface area contributed by atoms with Gasteiger partial charge in [-0.25, -0.2) is 4.39 Å². The van der Waals surface area contributed by atoms with E-state index >= 15 is 0 Å². The average molecular weight is 338 g/mol. The van der Waals surface area contributed by atoms with Crippen molar-refractivity contribution in [3.05, 3.63) is 63.9 Å². The summed E-state index contributed by atoms with van der Waals surface area (Å²) in [5, 5.41) is 2.68. The number of benzene rings is 2. The lowest BCUT2D eigenvalue weighted by atomic mass is 10.1. The molecule has 2 aromatic carbocycles. The predicted molar refractivity (Wildman–Crippen MR) is 78.3 cm³/mol. The van der Waals surface area contributed by atoms with Gasteiger partial charge in [0.25, 0.3) is 5.91 Å². The largest absolute Gasteiger partial charge is 0.496 e. The second-order valence-corrected chi connectivity index (χ2v) is 5.03. The average Bonchev–Trinajstić information content (AvgIpc) is 2.45. The van der Waals surface area contributed by atoms with Crippen LogP contribution in [0.25, 0.3) is 0 Å². The van der Waals surface area contributed by atoms with Crippen molar-refractivity contribution in [3.8, 4) is 5.75 Å². The predicted octanol–water partition coefficient (Wildman–Crippen LogP) is 3.53. The molecule has 0 saturated carbocycles. The van der Waals surface area contributed by atoms with Gasteiger partial charge in [-0.15, -0.1) is 0 Å². The molecule has 0 aliphatic heterocycles. The standard InChI is InChI=1S/C15H13BrFNO2/c1-20-14-5-3-2-4-10(14)9-18-15(19)12-7-6-11(16)8-13(12)17/h2-8H,9H2,1H3,(H,18,19). The van der Waals surface area contributed by atoms with E-state index in [9.17, 15) is 9.18 Å². The smallest absolute Gasteiger partial charge is 0.254 e. The fourth-order valence-corrected chi connectivity index (χ4v) is 2.13. The van der Waals surface area contributed by atoms with Crippen LogP contribution in [-0.4, -0.2) is 13.0 Å². The van der Waals surface area contributed by atoms with E-state index in [2.05, 4.69) is 21.2 Å². The van der Waals surface area contributed by atoms with Crippen LogP contribution in [0.4, 0.5) is 4.39 Å². The van der Waals surface area contributed by atoms with Gasteiger partial charge in [0, 0.05) is 16.6 Å². The zero-order chi connectivity index (χ0) is 14.5. The third-order valence-corrected chi connectivity index (χ3v) is 3.30. The molecule has 20 heavy (non-hydrogen) atoms. The highest BCUT2D eigenvalue weighted by Gasteiger charge is 2.12. The maximum Gasteiger partial charge on any atom is 0.254 e. The number of hydrogen-bond acceptors (Lipinski definition) is 2. The van der Waals surface area contributed by atoms with Crippen LogP contribution in [0.3, 0.4) is 0 Å². The van der Waals surface area contributed by atoms with Gasteiger partial charge in [0.2, 0.25) is 0 Å². The second kappa shape index (κ2) is 6.52. The number of halogens is 2. The number of para-hydroxylation sites is 1. The number of carbonyl (C=O) groups excluding carboxylic acids is 1. The summed E-state index contributed by atoms with van der Waals surface area (Å²) in [7, 11) is 1.56. The number of rotatable bonds is 4. The molecule has 2 rings (SSSR count). The number of hydrogen-bond donors (Lipinski definition) is 1. The lowest BCUT2D eigenvalue weighted by Gasteiger charge is -2.10. The van der Waals surface area contributed by atoms with E-state index in [1.807, 2.05) is 24.3 Å². The molecule has 0 radical (unpaired) electrons. The minimum Gasteiger partial charge on any atom is -0.496 e. The van der Waals surface area contributed by atoms with Crippen LogP contribution in [-0.2, 0) is 6.54 Å². The molecule has 1 N–H and O–H groups in total. The Labute approximate surface area is 124 Å². The van der Waals surface area contributed by atoms with Crippen LogP contribution in [0.2, 0.25) is 0 Å². The quantitative estimate of drug-likeness (QED) is 0.926. The Morgan fingerprint density at radius 1 is 1.30 bits per heavy atom. The van der Waals surface area contributed by atoms with Crippen LogP contribution < -0.4 is 10.1 Å². The van der Waals surface area contributed by atoms with Crippen molar-refractivity contribution in [1.82, 2.24) is 5.32 Å². The first-order valence-corrected chi connectivity index (χ1v) is 6.76. The van der Waals surface area contributed by atoms with Gasteiger partial charge in [0.05, 0.1) is 12.7 Å². The molecule has 0 aromatic heterocycles. The Morgan fingerprint density at radius 3 is 2.75 bits per heavy atom. The Balaban J connectivity index is 2.09. The van der Waals surface area contributed by atoms with Crippen molar-refractivity contribution >= 4 is 21.8 Å². The zero-order valence-corrected chi connectivity index (χ0v) is 12.4. The van der Waals surface area contributed by atoms with Gasteiger partial charge >= 0.3 is 0 Å². The van der Waals surface area contributed by atoms with Crippen LogP contribution in [0.1, 0.15) is 15.9 Å². The maximum absolute atomic E-state index is 13.7. The molecule has 3 nitrogen and oxygen atoms in total. The molecule has 0 heterocycles. The van der Waals surface area contributed by atoms with Gasteiger partial charge < -0.3 is 10.1 Å². The molecule has 0 fully saturated rings. The first kappa shape index (κ1) is 14.5. The van der Waals surface area contributed by atoms with Gasteiger partial charge in [0.15, 0.2) is 0 Å². The van der Waals surface area contributed by atoms with Gasteiger partial charge in [-0.2, -0.15) is 0 Å². The third kappa shape index (κ3) is 3.36. The Hall–Kier alpha value is -1.88. The summed E-state index contributed by atoms with van der Waals surface area (Å²) in [5.74, 6) is -0.332. The Bertz CT molecular complexity index is 631. The van der Waals surface area contributed by atoms with Gasteiger partial charge in [0.1, 0.15) is 11.6 Å². The summed E-state index contributed by atoms with van der Waals surface area (Å²) < 4.78 is 19.4. The fraction of sp³-hybridized carbons (Fsp3) is 0.133. The number of carbonyl (C=O) groups is 1. The molecule has 0 spiro atoms. The molecule has 104 valence electrons. The van der Waals surface area contributed by atoms with E-state index in [4.69, 9.17) is 4.74 Å². The van der Waals surface area contributed by atoms with Crippen LogP contribution in [0.5, 0.6) is 5.75 Å². The van der Waals surface area contributed by atoms with E-state index < -0.39 is 11.7 Å². The minimum absolute atomic E-state index is 0.0168. The fourth-order valence-electron chi connectivity index (χ4n) is 1.79. The molecular weight excluding hydrogens is 325 g/mol. The van der Waals surface area contributed by atoms with Crippen molar-refractivity contribution in [1.29, 1.82) is 0 Å². The Kier molecular flexibility index (Phi) is 4.74. The van der Waals surface area contributed by atoms with Crippen LogP contribution >= 0.6 is 15.9 Å². The van der Waals surface area contributed by atoms with E-state index in [1.54, 1.807) is 13.2 Å². The SMILES string of the molecule is COc1ccccc1CNC(=O)c1ccc(Br)cc1F. The first-order valence-electron chi connectivity index (χ1n) is 5.97. The number of ether oxygens (including phenoxy) is 1. The van der Waals surface area contributed by atoms with E-state index in [0.29, 0.717) is 10.2 Å². The highest BCUT2D eigenvalue weighted by atomic mass is 79.9. The molecule has 0 aliphatic rings. The number of methoxy groups -OCH3 is 1. The highest BCUT2D eigenvalue weighted by Crippen LogP contribution is 2.18. The molecule has 0 unspecified atom stereocenters. The zero-order valence-electron chi connectivity index (χ0n) is 10.8. The summed E-state index contributed by atoms with van der Waals surface area (Å²) in [6.45, 7) is 0.276. The van der Waals surface area contributed by atoms with Crippen molar-refractivity contribution in [2.75, 3.05) is 7.11 Å². The molecule has 2 aromatic rings. The van der Waals surface area contributed by atoms with Crippen LogP contribution in [0.15, 0.2) is 46.9 Å². The van der Waals surface area contributed by atoms with Crippen molar-refractivity contribution in [3.63, 3.8) is 0 Å². The topological polar surface area (TPSA) is 38.3 Å². The molecule has 0 bridgehead atoms. The maximum atomic E-state index is 13.7. The monoisotopic (exact) mass is 337 g/mol. The lowest BCUT2D eigenvalue weighted by Crippen LogP contribution is -2.24. The van der Waals surface area contributed by atoms with E-state index in [-0.39, 0.29) is 12.1 Å². The van der Waals surface area contributed by atoms with E-state index in [1.165, 1.54) is 12.1 Å². The second-order valence-electron chi connectivity index (χ2n) is 4.12. The summed E-state index contributed by atoms with van der Waals surface area (Å²) in [6, 6.07) is 11.7. The molecule has 0 saturated heterocycles. The summed E-state index contributed by atoms with van der Waals surface area (Å²) in [4.78, 5) is 11.9. The van der Waals surface area contributed by atoms with E-state index in [0.717, 1.165) is 5.56 Å². The normalized spacial score (nSPS) is 10.2. The molecule has 5 heteroatoms. The summed E-state index contributed by atoms with van der Waals surface area (Å²) >= 11 is 3.15.